The van der Waals surface area contributed by atoms with E-state index in [2.05, 4.69) is 60.4 Å². The van der Waals surface area contributed by atoms with Crippen LogP contribution in [0.3, 0.4) is 0 Å². The number of benzene rings is 1. The molecule has 6 heteroatoms. The lowest BCUT2D eigenvalue weighted by atomic mass is 9.98. The van der Waals surface area contributed by atoms with Gasteiger partial charge in [-0.2, -0.15) is 0 Å². The monoisotopic (exact) mass is 374 g/mol. The Balaban J connectivity index is 2.06. The van der Waals surface area contributed by atoms with Crippen molar-refractivity contribution in [2.24, 2.45) is 10.9 Å². The van der Waals surface area contributed by atoms with E-state index in [4.69, 9.17) is 9.73 Å². The van der Waals surface area contributed by atoms with Gasteiger partial charge in [0.05, 0.1) is 19.1 Å². The molecule has 0 aliphatic carbocycles. The minimum Gasteiger partial charge on any atom is -0.466 e. The van der Waals surface area contributed by atoms with Gasteiger partial charge in [0.15, 0.2) is 5.96 Å². The van der Waals surface area contributed by atoms with E-state index >= 15 is 0 Å². The maximum atomic E-state index is 12.1. The van der Waals surface area contributed by atoms with E-state index in [0.717, 1.165) is 38.4 Å². The maximum Gasteiger partial charge on any atom is 0.310 e. The fraction of sp³-hybridized carbons (Fsp3) is 0.619. The number of likely N-dealkylation sites (tertiary alicyclic amines) is 1. The van der Waals surface area contributed by atoms with Gasteiger partial charge < -0.3 is 19.9 Å². The SMILES string of the molecule is CCNC(=NCc1cccc(CN(C)C)c1)N1CCCC(C(=O)OCC)C1. The number of carbonyl (C=O) groups is 1. The summed E-state index contributed by atoms with van der Waals surface area (Å²) in [7, 11) is 4.15. The topological polar surface area (TPSA) is 57.2 Å². The molecule has 1 atom stereocenters. The molecule has 150 valence electrons. The summed E-state index contributed by atoms with van der Waals surface area (Å²) >= 11 is 0. The smallest absolute Gasteiger partial charge is 0.310 e. The molecule has 1 aromatic rings. The molecule has 1 aliphatic heterocycles. The molecule has 1 heterocycles. The second-order valence-corrected chi connectivity index (χ2v) is 7.27. The highest BCUT2D eigenvalue weighted by molar-refractivity contribution is 5.81. The highest BCUT2D eigenvalue weighted by Gasteiger charge is 2.28. The molecule has 0 saturated carbocycles. The van der Waals surface area contributed by atoms with Crippen LogP contribution in [0.15, 0.2) is 29.3 Å². The average Bonchev–Trinajstić information content (AvgIpc) is 2.65. The Kier molecular flexibility index (Phi) is 8.58. The standard InChI is InChI=1S/C21H34N4O2/c1-5-22-21(25-12-8-11-19(16-25)20(26)27-6-2)23-14-17-9-7-10-18(13-17)15-24(3)4/h7,9-10,13,19H,5-6,8,11-12,14-16H2,1-4H3,(H,22,23). The van der Waals surface area contributed by atoms with Gasteiger partial charge in [0.2, 0.25) is 0 Å². The molecule has 1 aromatic carbocycles. The zero-order valence-electron chi connectivity index (χ0n) is 17.2. The minimum absolute atomic E-state index is 0.0639. The fourth-order valence-corrected chi connectivity index (χ4v) is 3.41. The number of hydrogen-bond donors (Lipinski definition) is 1. The van der Waals surface area contributed by atoms with E-state index in [9.17, 15) is 4.79 Å². The Morgan fingerprint density at radius 2 is 2.11 bits per heavy atom. The molecule has 1 fully saturated rings. The molecule has 6 nitrogen and oxygen atoms in total. The van der Waals surface area contributed by atoms with E-state index in [1.54, 1.807) is 0 Å². The molecule has 1 unspecified atom stereocenters. The summed E-state index contributed by atoms with van der Waals surface area (Å²) in [6, 6.07) is 8.57. The number of piperidine rings is 1. The van der Waals surface area contributed by atoms with Gasteiger partial charge in [-0.15, -0.1) is 0 Å². The first-order chi connectivity index (χ1) is 13.0. The van der Waals surface area contributed by atoms with Gasteiger partial charge in [0, 0.05) is 26.2 Å². The molecule has 0 amide bonds. The van der Waals surface area contributed by atoms with E-state index < -0.39 is 0 Å². The van der Waals surface area contributed by atoms with Crippen molar-refractivity contribution in [1.82, 2.24) is 15.1 Å². The van der Waals surface area contributed by atoms with Gasteiger partial charge in [0.25, 0.3) is 0 Å². The lowest BCUT2D eigenvalue weighted by Crippen LogP contribution is -2.48. The Labute approximate surface area is 163 Å². The summed E-state index contributed by atoms with van der Waals surface area (Å²) in [5.41, 5.74) is 2.49. The Hall–Kier alpha value is -2.08. The zero-order chi connectivity index (χ0) is 19.6. The number of esters is 1. The quantitative estimate of drug-likeness (QED) is 0.451. The fourth-order valence-electron chi connectivity index (χ4n) is 3.41. The van der Waals surface area contributed by atoms with Crippen molar-refractivity contribution in [1.29, 1.82) is 0 Å². The predicted molar refractivity (Wildman–Crippen MR) is 110 cm³/mol. The number of carbonyl (C=O) groups excluding carboxylic acids is 1. The van der Waals surface area contributed by atoms with Crippen LogP contribution >= 0.6 is 0 Å². The molecule has 1 saturated heterocycles. The van der Waals surface area contributed by atoms with Gasteiger partial charge >= 0.3 is 5.97 Å². The average molecular weight is 375 g/mol. The lowest BCUT2D eigenvalue weighted by molar-refractivity contribution is -0.149. The van der Waals surface area contributed by atoms with Crippen LogP contribution in [0.2, 0.25) is 0 Å². The molecule has 2 rings (SSSR count). The number of nitrogens with zero attached hydrogens (tertiary/aromatic N) is 3. The molecular weight excluding hydrogens is 340 g/mol. The summed E-state index contributed by atoms with van der Waals surface area (Å²) in [5, 5.41) is 3.38. The molecule has 27 heavy (non-hydrogen) atoms. The number of aliphatic imine (C=N–C) groups is 1. The molecule has 1 N–H and O–H groups in total. The van der Waals surface area contributed by atoms with Crippen molar-refractivity contribution >= 4 is 11.9 Å². The van der Waals surface area contributed by atoms with Crippen molar-refractivity contribution < 1.29 is 9.53 Å². The molecule has 0 spiro atoms. The van der Waals surface area contributed by atoms with Gasteiger partial charge in [-0.25, -0.2) is 4.99 Å². The second kappa shape index (κ2) is 10.9. The summed E-state index contributed by atoms with van der Waals surface area (Å²) < 4.78 is 5.21. The highest BCUT2D eigenvalue weighted by Crippen LogP contribution is 2.18. The maximum absolute atomic E-state index is 12.1. The zero-order valence-corrected chi connectivity index (χ0v) is 17.2. The van der Waals surface area contributed by atoms with Crippen molar-refractivity contribution in [3.05, 3.63) is 35.4 Å². The Morgan fingerprint density at radius 3 is 2.81 bits per heavy atom. The first-order valence-corrected chi connectivity index (χ1v) is 9.95. The lowest BCUT2D eigenvalue weighted by Gasteiger charge is -2.34. The third kappa shape index (κ3) is 6.86. The van der Waals surface area contributed by atoms with E-state index in [0.29, 0.717) is 19.7 Å². The first-order valence-electron chi connectivity index (χ1n) is 9.95. The molecule has 1 aliphatic rings. The van der Waals surface area contributed by atoms with E-state index in [1.165, 1.54) is 11.1 Å². The number of rotatable bonds is 7. The Bertz CT molecular complexity index is 630. The van der Waals surface area contributed by atoms with Crippen LogP contribution in [-0.2, 0) is 22.6 Å². The summed E-state index contributed by atoms with van der Waals surface area (Å²) in [6.07, 6.45) is 1.87. The molecular formula is C21H34N4O2. The number of ether oxygens (including phenoxy) is 1. The van der Waals surface area contributed by atoms with E-state index in [1.807, 2.05) is 6.92 Å². The van der Waals surface area contributed by atoms with Gasteiger partial charge in [-0.3, -0.25) is 4.79 Å². The molecule has 0 bridgehead atoms. The third-order valence-electron chi connectivity index (χ3n) is 4.58. The highest BCUT2D eigenvalue weighted by atomic mass is 16.5. The normalized spacial score (nSPS) is 17.9. The summed E-state index contributed by atoms with van der Waals surface area (Å²) in [6.45, 7) is 8.31. The predicted octanol–water partition coefficient (Wildman–Crippen LogP) is 2.49. The molecule has 0 radical (unpaired) electrons. The Morgan fingerprint density at radius 1 is 1.33 bits per heavy atom. The third-order valence-corrected chi connectivity index (χ3v) is 4.58. The van der Waals surface area contributed by atoms with Gasteiger partial charge in [0.1, 0.15) is 0 Å². The number of hydrogen-bond acceptors (Lipinski definition) is 4. The van der Waals surface area contributed by atoms with Crippen molar-refractivity contribution in [2.45, 2.75) is 39.8 Å². The number of nitrogens with one attached hydrogen (secondary N) is 1. The van der Waals surface area contributed by atoms with Gasteiger partial charge in [-0.1, -0.05) is 24.3 Å². The van der Waals surface area contributed by atoms with Crippen LogP contribution in [0.25, 0.3) is 0 Å². The van der Waals surface area contributed by atoms with Crippen LogP contribution in [0.5, 0.6) is 0 Å². The summed E-state index contributed by atoms with van der Waals surface area (Å²) in [4.78, 5) is 21.3. The van der Waals surface area contributed by atoms with Crippen LogP contribution in [-0.4, -0.2) is 62.1 Å². The minimum atomic E-state index is -0.0885. The van der Waals surface area contributed by atoms with Crippen LogP contribution in [0, 0.1) is 5.92 Å². The largest absolute Gasteiger partial charge is 0.466 e. The summed E-state index contributed by atoms with van der Waals surface area (Å²) in [5.74, 6) is 0.727. The van der Waals surface area contributed by atoms with Crippen LogP contribution in [0.1, 0.15) is 37.8 Å². The van der Waals surface area contributed by atoms with Crippen LogP contribution in [0.4, 0.5) is 0 Å². The second-order valence-electron chi connectivity index (χ2n) is 7.27. The first kappa shape index (κ1) is 21.2. The van der Waals surface area contributed by atoms with Crippen molar-refractivity contribution in [3.63, 3.8) is 0 Å². The van der Waals surface area contributed by atoms with Crippen LogP contribution < -0.4 is 5.32 Å². The van der Waals surface area contributed by atoms with E-state index in [-0.39, 0.29) is 11.9 Å². The van der Waals surface area contributed by atoms with Gasteiger partial charge in [-0.05, 0) is 51.9 Å². The van der Waals surface area contributed by atoms with Crippen molar-refractivity contribution in [2.75, 3.05) is 40.3 Å². The van der Waals surface area contributed by atoms with Crippen molar-refractivity contribution in [3.8, 4) is 0 Å². The molecule has 0 aromatic heterocycles. The number of guanidine groups is 1.